The van der Waals surface area contributed by atoms with Crippen molar-refractivity contribution >= 4 is 11.9 Å². The van der Waals surface area contributed by atoms with Gasteiger partial charge in [0, 0.05) is 0 Å². The molecule has 0 radical (unpaired) electrons. The summed E-state index contributed by atoms with van der Waals surface area (Å²) in [7, 11) is 0. The van der Waals surface area contributed by atoms with Crippen LogP contribution in [0.15, 0.2) is 0 Å². The molecular formula is C28H52O4. The van der Waals surface area contributed by atoms with E-state index in [2.05, 4.69) is 27.7 Å². The number of carbonyl (C=O) groups is 2. The van der Waals surface area contributed by atoms with Crippen LogP contribution >= 0.6 is 0 Å². The fraction of sp³-hybridized carbons (Fsp3) is 0.929. The molecule has 1 unspecified atom stereocenters. The molecule has 0 heterocycles. The van der Waals surface area contributed by atoms with Crippen LogP contribution < -0.4 is 0 Å². The predicted octanol–water partition coefficient (Wildman–Crippen LogP) is 8.17. The van der Waals surface area contributed by atoms with Crippen LogP contribution in [0.3, 0.4) is 0 Å². The monoisotopic (exact) mass is 452 g/mol. The third kappa shape index (κ3) is 14.2. The van der Waals surface area contributed by atoms with E-state index in [1.54, 1.807) is 0 Å². The highest BCUT2D eigenvalue weighted by atomic mass is 16.5. The third-order valence-corrected chi connectivity index (χ3v) is 7.06. The van der Waals surface area contributed by atoms with E-state index in [1.165, 1.54) is 57.8 Å². The zero-order valence-corrected chi connectivity index (χ0v) is 21.6. The lowest BCUT2D eigenvalue weighted by atomic mass is 9.82. The lowest BCUT2D eigenvalue weighted by molar-refractivity contribution is -0.158. The van der Waals surface area contributed by atoms with Gasteiger partial charge in [-0.2, -0.15) is 0 Å². The third-order valence-electron chi connectivity index (χ3n) is 7.06. The Morgan fingerprint density at radius 2 is 1.03 bits per heavy atom. The van der Waals surface area contributed by atoms with Gasteiger partial charge in [-0.15, -0.1) is 0 Å². The second-order valence-corrected chi connectivity index (χ2v) is 11.1. The second-order valence-electron chi connectivity index (χ2n) is 11.1. The second kappa shape index (κ2) is 17.4. The topological polar surface area (TPSA) is 63.6 Å². The number of carbonyl (C=O) groups excluding carboxylic acids is 1. The van der Waals surface area contributed by atoms with Gasteiger partial charge in [0.25, 0.3) is 0 Å². The first-order valence-electron chi connectivity index (χ1n) is 13.7. The van der Waals surface area contributed by atoms with Crippen molar-refractivity contribution in [3.05, 3.63) is 0 Å². The SMILES string of the molecule is CC(C)CCCCCCCCCC(CCCCC(C)C)OC(=O)C1CCC(C(=O)O)CC1. The molecule has 1 saturated carbocycles. The van der Waals surface area contributed by atoms with Crippen LogP contribution in [0.4, 0.5) is 0 Å². The normalized spacial score (nSPS) is 19.9. The van der Waals surface area contributed by atoms with E-state index in [0.29, 0.717) is 25.7 Å². The number of hydrogen-bond acceptors (Lipinski definition) is 3. The first-order chi connectivity index (χ1) is 15.3. The molecule has 0 saturated heterocycles. The summed E-state index contributed by atoms with van der Waals surface area (Å²) < 4.78 is 5.99. The summed E-state index contributed by atoms with van der Waals surface area (Å²) in [6.07, 6.45) is 18.5. The van der Waals surface area contributed by atoms with E-state index in [4.69, 9.17) is 4.74 Å². The molecular weight excluding hydrogens is 400 g/mol. The summed E-state index contributed by atoms with van der Waals surface area (Å²) in [6, 6.07) is 0. The minimum atomic E-state index is -0.722. The maximum absolute atomic E-state index is 12.7. The Bertz CT molecular complexity index is 492. The van der Waals surface area contributed by atoms with E-state index in [-0.39, 0.29) is 23.9 Å². The molecule has 1 aliphatic rings. The molecule has 0 aromatic carbocycles. The Kier molecular flexibility index (Phi) is 15.8. The van der Waals surface area contributed by atoms with E-state index in [9.17, 15) is 14.7 Å². The largest absolute Gasteiger partial charge is 0.481 e. The molecule has 0 amide bonds. The summed E-state index contributed by atoms with van der Waals surface area (Å²) in [6.45, 7) is 9.11. The highest BCUT2D eigenvalue weighted by molar-refractivity contribution is 5.74. The van der Waals surface area contributed by atoms with E-state index in [1.807, 2.05) is 0 Å². The summed E-state index contributed by atoms with van der Waals surface area (Å²) in [5.74, 6) is 0.363. The van der Waals surface area contributed by atoms with Crippen molar-refractivity contribution < 1.29 is 19.4 Å². The van der Waals surface area contributed by atoms with Crippen molar-refractivity contribution in [1.29, 1.82) is 0 Å². The fourth-order valence-corrected chi connectivity index (χ4v) is 4.83. The number of esters is 1. The molecule has 0 aromatic heterocycles. The van der Waals surface area contributed by atoms with Gasteiger partial charge in [0.1, 0.15) is 6.10 Å². The van der Waals surface area contributed by atoms with Crippen LogP contribution in [-0.4, -0.2) is 23.1 Å². The molecule has 0 bridgehead atoms. The van der Waals surface area contributed by atoms with Crippen LogP contribution in [0.5, 0.6) is 0 Å². The van der Waals surface area contributed by atoms with Crippen LogP contribution in [0.2, 0.25) is 0 Å². The highest BCUT2D eigenvalue weighted by Gasteiger charge is 2.31. The van der Waals surface area contributed by atoms with Gasteiger partial charge in [-0.25, -0.2) is 0 Å². The number of carboxylic acid groups (broad SMARTS) is 1. The minimum Gasteiger partial charge on any atom is -0.481 e. The average molecular weight is 453 g/mol. The number of aliphatic carboxylic acids is 1. The summed E-state index contributed by atoms with van der Waals surface area (Å²) in [5.41, 5.74) is 0. The zero-order chi connectivity index (χ0) is 23.8. The van der Waals surface area contributed by atoms with Gasteiger partial charge in [0.2, 0.25) is 0 Å². The van der Waals surface area contributed by atoms with Gasteiger partial charge in [-0.1, -0.05) is 85.5 Å². The molecule has 1 fully saturated rings. The summed E-state index contributed by atoms with van der Waals surface area (Å²) >= 11 is 0. The zero-order valence-electron chi connectivity index (χ0n) is 21.6. The molecule has 0 spiro atoms. The Morgan fingerprint density at radius 1 is 0.656 bits per heavy atom. The van der Waals surface area contributed by atoms with Crippen molar-refractivity contribution in [2.24, 2.45) is 23.7 Å². The van der Waals surface area contributed by atoms with Gasteiger partial charge < -0.3 is 9.84 Å². The van der Waals surface area contributed by atoms with Gasteiger partial charge in [0.05, 0.1) is 11.8 Å². The molecule has 1 rings (SSSR count). The number of hydrogen-bond donors (Lipinski definition) is 1. The first-order valence-corrected chi connectivity index (χ1v) is 13.7. The Balaban J connectivity index is 2.31. The average Bonchev–Trinajstić information content (AvgIpc) is 2.74. The van der Waals surface area contributed by atoms with Crippen molar-refractivity contribution in [2.75, 3.05) is 0 Å². The summed E-state index contributed by atoms with van der Waals surface area (Å²) in [4.78, 5) is 23.9. The Hall–Kier alpha value is -1.06. The Morgan fingerprint density at radius 3 is 1.50 bits per heavy atom. The van der Waals surface area contributed by atoms with E-state index >= 15 is 0 Å². The predicted molar refractivity (Wildman–Crippen MR) is 133 cm³/mol. The summed E-state index contributed by atoms with van der Waals surface area (Å²) in [5, 5.41) is 9.17. The number of rotatable bonds is 18. The molecule has 1 N–H and O–H groups in total. The standard InChI is InChI=1S/C28H52O4/c1-22(2)14-10-8-6-5-7-9-11-16-26(17-13-12-15-23(3)4)32-28(31)25-20-18-24(19-21-25)27(29)30/h22-26H,5-21H2,1-4H3,(H,29,30). The molecule has 0 aromatic rings. The molecule has 0 aliphatic heterocycles. The highest BCUT2D eigenvalue weighted by Crippen LogP contribution is 2.30. The first kappa shape index (κ1) is 29.0. The van der Waals surface area contributed by atoms with Crippen molar-refractivity contribution in [3.63, 3.8) is 0 Å². The van der Waals surface area contributed by atoms with Crippen LogP contribution in [0.25, 0.3) is 0 Å². The van der Waals surface area contributed by atoms with Gasteiger partial charge in [-0.05, 0) is 63.2 Å². The van der Waals surface area contributed by atoms with E-state index < -0.39 is 5.97 Å². The Labute approximate surface area is 198 Å². The maximum atomic E-state index is 12.7. The van der Waals surface area contributed by atoms with Gasteiger partial charge >= 0.3 is 11.9 Å². The van der Waals surface area contributed by atoms with Crippen LogP contribution in [0.1, 0.15) is 137 Å². The minimum absolute atomic E-state index is 0.0397. The molecule has 1 atom stereocenters. The number of carboxylic acids is 1. The lowest BCUT2D eigenvalue weighted by Crippen LogP contribution is -2.29. The molecule has 32 heavy (non-hydrogen) atoms. The van der Waals surface area contributed by atoms with Crippen molar-refractivity contribution in [1.82, 2.24) is 0 Å². The van der Waals surface area contributed by atoms with E-state index in [0.717, 1.165) is 37.5 Å². The fourth-order valence-electron chi connectivity index (χ4n) is 4.83. The van der Waals surface area contributed by atoms with Crippen molar-refractivity contribution in [3.8, 4) is 0 Å². The number of ether oxygens (including phenoxy) is 1. The molecule has 188 valence electrons. The van der Waals surface area contributed by atoms with Gasteiger partial charge in [0.15, 0.2) is 0 Å². The molecule has 1 aliphatic carbocycles. The van der Waals surface area contributed by atoms with Gasteiger partial charge in [-0.3, -0.25) is 9.59 Å². The lowest BCUT2D eigenvalue weighted by Gasteiger charge is -2.27. The maximum Gasteiger partial charge on any atom is 0.309 e. The quantitative estimate of drug-likeness (QED) is 0.168. The smallest absolute Gasteiger partial charge is 0.309 e. The molecule has 4 nitrogen and oxygen atoms in total. The van der Waals surface area contributed by atoms with Crippen LogP contribution in [-0.2, 0) is 14.3 Å². The molecule has 4 heteroatoms. The van der Waals surface area contributed by atoms with Crippen molar-refractivity contribution in [2.45, 2.75) is 143 Å². The number of unbranched alkanes of at least 4 members (excludes halogenated alkanes) is 7. The van der Waals surface area contributed by atoms with Crippen LogP contribution in [0, 0.1) is 23.7 Å².